The minimum atomic E-state index is 0.506. The van der Waals surface area contributed by atoms with E-state index in [0.717, 1.165) is 6.42 Å². The Hall–Kier alpha value is -2.08. The van der Waals surface area contributed by atoms with Crippen molar-refractivity contribution >= 4 is 5.57 Å². The maximum atomic E-state index is 2.38. The first kappa shape index (κ1) is 11.0. The molecule has 18 heavy (non-hydrogen) atoms. The highest BCUT2D eigenvalue weighted by Crippen LogP contribution is 2.30. The summed E-state index contributed by atoms with van der Waals surface area (Å²) in [4.78, 5) is 0. The van der Waals surface area contributed by atoms with Gasteiger partial charge >= 0.3 is 0 Å². The monoisotopic (exact) mass is 232 g/mol. The molecule has 0 nitrogen and oxygen atoms in total. The van der Waals surface area contributed by atoms with Gasteiger partial charge < -0.3 is 0 Å². The Bertz CT molecular complexity index is 562. The fourth-order valence-corrected chi connectivity index (χ4v) is 2.44. The lowest BCUT2D eigenvalue weighted by Crippen LogP contribution is -1.98. The first-order valence-electron chi connectivity index (χ1n) is 6.42. The van der Waals surface area contributed by atoms with Crippen LogP contribution in [-0.4, -0.2) is 0 Å². The van der Waals surface area contributed by atoms with Gasteiger partial charge in [0.1, 0.15) is 0 Å². The molecule has 2 aromatic rings. The van der Waals surface area contributed by atoms with Gasteiger partial charge in [-0.15, -0.1) is 0 Å². The van der Waals surface area contributed by atoms with Crippen molar-refractivity contribution in [2.75, 3.05) is 0 Å². The van der Waals surface area contributed by atoms with Crippen LogP contribution in [0.4, 0.5) is 0 Å². The molecule has 3 rings (SSSR count). The molecule has 1 atom stereocenters. The fourth-order valence-electron chi connectivity index (χ4n) is 2.44. The van der Waals surface area contributed by atoms with Crippen LogP contribution in [0.2, 0.25) is 0 Å². The van der Waals surface area contributed by atoms with Crippen molar-refractivity contribution in [3.63, 3.8) is 0 Å². The molecule has 0 fully saturated rings. The van der Waals surface area contributed by atoms with Crippen molar-refractivity contribution in [1.82, 2.24) is 0 Å². The molecular weight excluding hydrogens is 216 g/mol. The van der Waals surface area contributed by atoms with E-state index in [2.05, 4.69) is 78.9 Å². The summed E-state index contributed by atoms with van der Waals surface area (Å²) in [5.41, 5.74) is 4.03. The maximum Gasteiger partial charge on any atom is 0.00617 e. The third-order valence-electron chi connectivity index (χ3n) is 3.40. The van der Waals surface area contributed by atoms with Gasteiger partial charge in [0.15, 0.2) is 0 Å². The number of hydrogen-bond acceptors (Lipinski definition) is 0. The summed E-state index contributed by atoms with van der Waals surface area (Å²) in [6, 6.07) is 21.3. The van der Waals surface area contributed by atoms with Gasteiger partial charge in [-0.2, -0.15) is 0 Å². The Morgan fingerprint density at radius 3 is 2.17 bits per heavy atom. The SMILES string of the molecule is C1=CC(c2ccccc2)=CC(c2ccccc2)C1. The van der Waals surface area contributed by atoms with Crippen LogP contribution in [-0.2, 0) is 0 Å². The molecule has 0 aliphatic heterocycles. The van der Waals surface area contributed by atoms with Crippen molar-refractivity contribution in [3.05, 3.63) is 90.0 Å². The highest BCUT2D eigenvalue weighted by molar-refractivity contribution is 5.75. The van der Waals surface area contributed by atoms with Gasteiger partial charge in [0.2, 0.25) is 0 Å². The molecule has 0 N–H and O–H groups in total. The standard InChI is InChI=1S/C18H16/c1-3-8-15(9-4-1)17-12-7-13-18(14-17)16-10-5-2-6-11-16/h1-12,14,18H,13H2. The Labute approximate surface area is 108 Å². The van der Waals surface area contributed by atoms with Gasteiger partial charge in [0, 0.05) is 5.92 Å². The lowest BCUT2D eigenvalue weighted by Gasteiger charge is -2.17. The molecule has 0 bridgehead atoms. The molecule has 88 valence electrons. The first-order chi connectivity index (χ1) is 8.93. The van der Waals surface area contributed by atoms with Gasteiger partial charge in [-0.1, -0.05) is 78.9 Å². The Morgan fingerprint density at radius 2 is 1.44 bits per heavy atom. The van der Waals surface area contributed by atoms with Crippen molar-refractivity contribution in [3.8, 4) is 0 Å². The largest absolute Gasteiger partial charge is 0.0830 e. The maximum absolute atomic E-state index is 2.38. The van der Waals surface area contributed by atoms with Crippen molar-refractivity contribution in [1.29, 1.82) is 0 Å². The summed E-state index contributed by atoms with van der Waals surface area (Å²) in [5, 5.41) is 0. The molecule has 0 saturated heterocycles. The van der Waals surface area contributed by atoms with Gasteiger partial charge in [0.05, 0.1) is 0 Å². The van der Waals surface area contributed by atoms with E-state index in [1.807, 2.05) is 0 Å². The van der Waals surface area contributed by atoms with Crippen LogP contribution in [0.15, 0.2) is 78.9 Å². The third kappa shape index (κ3) is 2.28. The topological polar surface area (TPSA) is 0 Å². The summed E-state index contributed by atoms with van der Waals surface area (Å²) in [5.74, 6) is 0.506. The first-order valence-corrected chi connectivity index (χ1v) is 6.42. The summed E-state index contributed by atoms with van der Waals surface area (Å²) < 4.78 is 0. The molecule has 0 aromatic heterocycles. The Kier molecular flexibility index (Phi) is 3.10. The molecule has 0 heterocycles. The van der Waals surface area contributed by atoms with E-state index >= 15 is 0 Å². The molecule has 0 spiro atoms. The predicted molar refractivity (Wildman–Crippen MR) is 77.4 cm³/mol. The molecule has 1 unspecified atom stereocenters. The van der Waals surface area contributed by atoms with E-state index in [0.29, 0.717) is 5.92 Å². The van der Waals surface area contributed by atoms with Gasteiger partial charge in [-0.25, -0.2) is 0 Å². The second kappa shape index (κ2) is 5.05. The number of rotatable bonds is 2. The lowest BCUT2D eigenvalue weighted by molar-refractivity contribution is 0.857. The van der Waals surface area contributed by atoms with Crippen LogP contribution in [0.3, 0.4) is 0 Å². The zero-order valence-electron chi connectivity index (χ0n) is 10.3. The van der Waals surface area contributed by atoms with E-state index in [1.165, 1.54) is 16.7 Å². The van der Waals surface area contributed by atoms with Crippen molar-refractivity contribution < 1.29 is 0 Å². The minimum absolute atomic E-state index is 0.506. The third-order valence-corrected chi connectivity index (χ3v) is 3.40. The van der Waals surface area contributed by atoms with E-state index in [-0.39, 0.29) is 0 Å². The molecule has 2 aromatic carbocycles. The Balaban J connectivity index is 1.93. The van der Waals surface area contributed by atoms with Gasteiger partial charge in [-0.3, -0.25) is 0 Å². The van der Waals surface area contributed by atoms with Crippen LogP contribution in [0, 0.1) is 0 Å². The molecule has 0 amide bonds. The average Bonchev–Trinajstić information content (AvgIpc) is 2.49. The smallest absolute Gasteiger partial charge is 0.00617 e. The quantitative estimate of drug-likeness (QED) is 0.696. The minimum Gasteiger partial charge on any atom is -0.0830 e. The summed E-state index contributed by atoms with van der Waals surface area (Å²) in [6.07, 6.45) is 7.99. The average molecular weight is 232 g/mol. The second-order valence-electron chi connectivity index (χ2n) is 4.64. The van der Waals surface area contributed by atoms with Gasteiger partial charge in [-0.05, 0) is 23.1 Å². The molecule has 0 heteroatoms. The molecule has 0 radical (unpaired) electrons. The van der Waals surface area contributed by atoms with Gasteiger partial charge in [0.25, 0.3) is 0 Å². The zero-order valence-corrected chi connectivity index (χ0v) is 10.3. The lowest BCUT2D eigenvalue weighted by atomic mass is 9.87. The molecular formula is C18H16. The molecule has 0 saturated carbocycles. The number of allylic oxidation sites excluding steroid dienone is 4. The summed E-state index contributed by atoms with van der Waals surface area (Å²) >= 11 is 0. The van der Waals surface area contributed by atoms with Crippen molar-refractivity contribution in [2.24, 2.45) is 0 Å². The fraction of sp³-hybridized carbons (Fsp3) is 0.111. The van der Waals surface area contributed by atoms with Crippen LogP contribution in [0.1, 0.15) is 23.5 Å². The van der Waals surface area contributed by atoms with Crippen LogP contribution in [0.25, 0.3) is 5.57 Å². The Morgan fingerprint density at radius 1 is 0.778 bits per heavy atom. The second-order valence-corrected chi connectivity index (χ2v) is 4.64. The number of hydrogen-bond donors (Lipinski definition) is 0. The highest BCUT2D eigenvalue weighted by atomic mass is 14.2. The van der Waals surface area contributed by atoms with E-state index in [1.54, 1.807) is 0 Å². The molecule has 1 aliphatic rings. The highest BCUT2D eigenvalue weighted by Gasteiger charge is 2.11. The van der Waals surface area contributed by atoms with E-state index < -0.39 is 0 Å². The number of benzene rings is 2. The molecule has 1 aliphatic carbocycles. The predicted octanol–water partition coefficient (Wildman–Crippen LogP) is 4.81. The van der Waals surface area contributed by atoms with E-state index in [4.69, 9.17) is 0 Å². The normalized spacial score (nSPS) is 18.4. The van der Waals surface area contributed by atoms with Crippen molar-refractivity contribution in [2.45, 2.75) is 12.3 Å². The summed E-state index contributed by atoms with van der Waals surface area (Å²) in [6.45, 7) is 0. The van der Waals surface area contributed by atoms with Crippen LogP contribution in [0.5, 0.6) is 0 Å². The van der Waals surface area contributed by atoms with Crippen LogP contribution >= 0.6 is 0 Å². The summed E-state index contributed by atoms with van der Waals surface area (Å²) in [7, 11) is 0. The van der Waals surface area contributed by atoms with Crippen LogP contribution < -0.4 is 0 Å². The van der Waals surface area contributed by atoms with E-state index in [9.17, 15) is 0 Å². The zero-order chi connectivity index (χ0) is 12.2.